The number of hydrogen-bond donors (Lipinski definition) is 2. The third-order valence-corrected chi connectivity index (χ3v) is 4.56. The average molecular weight is 319 g/mol. The van der Waals surface area contributed by atoms with Gasteiger partial charge in [-0.3, -0.25) is 15.5 Å². The number of nitrogens with two attached hydrogens (primary N) is 1. The maximum Gasteiger partial charge on any atom is 0.283 e. The van der Waals surface area contributed by atoms with Gasteiger partial charge >= 0.3 is 0 Å². The van der Waals surface area contributed by atoms with Gasteiger partial charge in [-0.25, -0.2) is 15.8 Å². The second kappa shape index (κ2) is 5.64. The minimum Gasteiger partial charge on any atom is -0.292 e. The number of hydrogen-bond acceptors (Lipinski definition) is 8. The Morgan fingerprint density at radius 3 is 2.86 bits per heavy atom. The molecule has 0 aliphatic rings. The van der Waals surface area contributed by atoms with E-state index in [1.54, 1.807) is 18.2 Å². The van der Waals surface area contributed by atoms with Gasteiger partial charge in [-0.05, 0) is 17.5 Å². The molecule has 0 saturated carbocycles. The monoisotopic (exact) mass is 319 g/mol. The van der Waals surface area contributed by atoms with Crippen LogP contribution >= 0.6 is 23.1 Å². The summed E-state index contributed by atoms with van der Waals surface area (Å²) in [7, 11) is 0. The topological polar surface area (TPSA) is 107 Å². The molecule has 21 heavy (non-hydrogen) atoms. The normalized spacial score (nSPS) is 10.7. The van der Waals surface area contributed by atoms with Crippen LogP contribution in [-0.2, 0) is 0 Å². The predicted octanol–water partition coefficient (Wildman–Crippen LogP) is 3.04. The van der Waals surface area contributed by atoms with E-state index in [0.29, 0.717) is 9.92 Å². The number of anilines is 1. The fourth-order valence-corrected chi connectivity index (χ4v) is 3.61. The molecule has 3 N–H and O–H groups in total. The third kappa shape index (κ3) is 2.66. The number of fused-ring (bicyclic) bond motifs is 1. The van der Waals surface area contributed by atoms with Crippen LogP contribution in [0, 0.1) is 10.1 Å². The number of hydrazine groups is 1. The van der Waals surface area contributed by atoms with E-state index in [1.165, 1.54) is 29.2 Å². The smallest absolute Gasteiger partial charge is 0.283 e. The van der Waals surface area contributed by atoms with Crippen molar-refractivity contribution < 1.29 is 4.92 Å². The lowest BCUT2D eigenvalue weighted by molar-refractivity contribution is -0.387. The summed E-state index contributed by atoms with van der Waals surface area (Å²) in [5.74, 6) is 5.65. The number of nitrogen functional groups attached to an aromatic ring is 1. The van der Waals surface area contributed by atoms with Crippen LogP contribution in [0.1, 0.15) is 0 Å². The Labute approximate surface area is 127 Å². The average Bonchev–Trinajstić information content (AvgIpc) is 2.96. The lowest BCUT2D eigenvalue weighted by Gasteiger charge is -2.05. The van der Waals surface area contributed by atoms with Crippen molar-refractivity contribution in [3.05, 3.63) is 45.8 Å². The Balaban J connectivity index is 2.10. The number of nitrogens with zero attached hydrogens (tertiary/aromatic N) is 3. The quantitative estimate of drug-likeness (QED) is 0.329. The van der Waals surface area contributed by atoms with Gasteiger partial charge in [0.25, 0.3) is 5.69 Å². The van der Waals surface area contributed by atoms with E-state index in [2.05, 4.69) is 15.4 Å². The molecule has 3 aromatic rings. The van der Waals surface area contributed by atoms with Crippen molar-refractivity contribution in [2.24, 2.45) is 5.84 Å². The lowest BCUT2D eigenvalue weighted by Crippen LogP contribution is -2.10. The predicted molar refractivity (Wildman–Crippen MR) is 82.4 cm³/mol. The standard InChI is InChI=1S/C12H9N5O2S2/c13-16-12-14-10-7(5-6-20-10)11(15-12)21-9-4-2-1-3-8(9)17(18)19/h1-6H,13H2,(H,14,15,16). The Hall–Kier alpha value is -2.23. The maximum atomic E-state index is 11.1. The Morgan fingerprint density at radius 1 is 1.29 bits per heavy atom. The zero-order valence-electron chi connectivity index (χ0n) is 10.5. The molecule has 0 radical (unpaired) electrons. The highest BCUT2D eigenvalue weighted by atomic mass is 32.2. The summed E-state index contributed by atoms with van der Waals surface area (Å²) in [6, 6.07) is 8.44. The van der Waals surface area contributed by atoms with Crippen LogP contribution in [0.15, 0.2) is 45.6 Å². The summed E-state index contributed by atoms with van der Waals surface area (Å²) in [4.78, 5) is 20.5. The second-order valence-electron chi connectivity index (χ2n) is 3.96. The molecule has 9 heteroatoms. The summed E-state index contributed by atoms with van der Waals surface area (Å²) in [5, 5.41) is 14.4. The van der Waals surface area contributed by atoms with Crippen molar-refractivity contribution in [1.82, 2.24) is 9.97 Å². The van der Waals surface area contributed by atoms with Gasteiger partial charge in [-0.1, -0.05) is 23.9 Å². The Bertz CT molecular complexity index is 820. The molecule has 0 aliphatic heterocycles. The number of thiophene rings is 1. The van der Waals surface area contributed by atoms with E-state index in [-0.39, 0.29) is 11.6 Å². The van der Waals surface area contributed by atoms with Gasteiger partial charge in [0, 0.05) is 11.5 Å². The number of nitro groups is 1. The van der Waals surface area contributed by atoms with Gasteiger partial charge in [0.2, 0.25) is 5.95 Å². The molecule has 0 amide bonds. The Morgan fingerprint density at radius 2 is 2.10 bits per heavy atom. The molecule has 7 nitrogen and oxygen atoms in total. The molecule has 0 spiro atoms. The molecular formula is C12H9N5O2S2. The highest BCUT2D eigenvalue weighted by molar-refractivity contribution is 7.99. The van der Waals surface area contributed by atoms with Crippen molar-refractivity contribution >= 4 is 45.0 Å². The largest absolute Gasteiger partial charge is 0.292 e. The van der Waals surface area contributed by atoms with E-state index < -0.39 is 4.92 Å². The van der Waals surface area contributed by atoms with Crippen LogP contribution in [0.5, 0.6) is 0 Å². The van der Waals surface area contributed by atoms with E-state index in [0.717, 1.165) is 10.2 Å². The number of aromatic nitrogens is 2. The molecule has 3 rings (SSSR count). The Kier molecular flexibility index (Phi) is 3.69. The fourth-order valence-electron chi connectivity index (χ4n) is 1.77. The van der Waals surface area contributed by atoms with Crippen LogP contribution in [0.3, 0.4) is 0 Å². The number of benzene rings is 1. The first kappa shape index (κ1) is 13.7. The third-order valence-electron chi connectivity index (χ3n) is 2.69. The highest BCUT2D eigenvalue weighted by Gasteiger charge is 2.17. The maximum absolute atomic E-state index is 11.1. The number of rotatable bonds is 4. The molecule has 0 aliphatic carbocycles. The minimum absolute atomic E-state index is 0.0479. The zero-order chi connectivity index (χ0) is 14.8. The van der Waals surface area contributed by atoms with Crippen molar-refractivity contribution in [3.8, 4) is 0 Å². The summed E-state index contributed by atoms with van der Waals surface area (Å²) >= 11 is 2.68. The highest BCUT2D eigenvalue weighted by Crippen LogP contribution is 2.38. The van der Waals surface area contributed by atoms with Gasteiger partial charge < -0.3 is 0 Å². The zero-order valence-corrected chi connectivity index (χ0v) is 12.1. The van der Waals surface area contributed by atoms with Crippen LogP contribution in [0.25, 0.3) is 10.2 Å². The van der Waals surface area contributed by atoms with Crippen LogP contribution < -0.4 is 11.3 Å². The summed E-state index contributed by atoms with van der Waals surface area (Å²) < 4.78 is 0. The van der Waals surface area contributed by atoms with Crippen LogP contribution in [0.2, 0.25) is 0 Å². The van der Waals surface area contributed by atoms with Gasteiger partial charge in [-0.2, -0.15) is 0 Å². The van der Waals surface area contributed by atoms with Crippen molar-refractivity contribution in [1.29, 1.82) is 0 Å². The molecule has 0 saturated heterocycles. The summed E-state index contributed by atoms with van der Waals surface area (Å²) in [6.45, 7) is 0. The van der Waals surface area contributed by atoms with Gasteiger partial charge in [0.15, 0.2) is 0 Å². The number of nitro benzene ring substituents is 1. The molecule has 1 aromatic carbocycles. The molecule has 2 heterocycles. The molecule has 106 valence electrons. The van der Waals surface area contributed by atoms with E-state index >= 15 is 0 Å². The number of nitrogens with one attached hydrogen (secondary N) is 1. The SMILES string of the molecule is NNc1nc(Sc2ccccc2[N+](=O)[O-])c2ccsc2n1. The minimum atomic E-state index is -0.406. The molecule has 2 aromatic heterocycles. The lowest BCUT2D eigenvalue weighted by atomic mass is 10.3. The first-order valence-electron chi connectivity index (χ1n) is 5.82. The fraction of sp³-hybridized carbons (Fsp3) is 0. The van der Waals surface area contributed by atoms with Crippen molar-refractivity contribution in [2.75, 3.05) is 5.43 Å². The van der Waals surface area contributed by atoms with Crippen LogP contribution in [-0.4, -0.2) is 14.9 Å². The van der Waals surface area contributed by atoms with Crippen LogP contribution in [0.4, 0.5) is 11.6 Å². The summed E-state index contributed by atoms with van der Waals surface area (Å²) in [6.07, 6.45) is 0. The van der Waals surface area contributed by atoms with Crippen molar-refractivity contribution in [2.45, 2.75) is 9.92 Å². The molecule has 0 atom stereocenters. The first-order chi connectivity index (χ1) is 10.2. The van der Waals surface area contributed by atoms with Gasteiger partial charge in [0.1, 0.15) is 9.86 Å². The van der Waals surface area contributed by atoms with E-state index in [9.17, 15) is 10.1 Å². The number of para-hydroxylation sites is 1. The molecule has 0 unspecified atom stereocenters. The van der Waals surface area contributed by atoms with Crippen molar-refractivity contribution in [3.63, 3.8) is 0 Å². The summed E-state index contributed by atoms with van der Waals surface area (Å²) in [5.41, 5.74) is 2.46. The van der Waals surface area contributed by atoms with Gasteiger partial charge in [0.05, 0.1) is 9.82 Å². The molecule has 0 fully saturated rings. The molecule has 0 bridgehead atoms. The molecular weight excluding hydrogens is 310 g/mol. The van der Waals surface area contributed by atoms with E-state index in [1.807, 2.05) is 11.4 Å². The van der Waals surface area contributed by atoms with E-state index in [4.69, 9.17) is 5.84 Å². The first-order valence-corrected chi connectivity index (χ1v) is 7.52. The van der Waals surface area contributed by atoms with Gasteiger partial charge in [-0.15, -0.1) is 11.3 Å². The second-order valence-corrected chi connectivity index (χ2v) is 5.89.